The number of aromatic nitrogens is 3. The standard InChI is InChI=1S/C17H21N3O3/c1-11-8-12(2)20(19-11)15-7-6-13(9-18-15)16(22)23-10-14(21)17(3,4)5/h6-9H,10H2,1-5H3. The molecular weight excluding hydrogens is 294 g/mol. The molecule has 122 valence electrons. The van der Waals surface area contributed by atoms with E-state index in [-0.39, 0.29) is 12.4 Å². The van der Waals surface area contributed by atoms with Crippen LogP contribution in [-0.4, -0.2) is 33.1 Å². The molecule has 2 aromatic rings. The molecular formula is C17H21N3O3. The number of esters is 1. The SMILES string of the molecule is Cc1cc(C)n(-c2ccc(C(=O)OCC(=O)C(C)(C)C)cn2)n1. The molecule has 0 amide bonds. The highest BCUT2D eigenvalue weighted by molar-refractivity contribution is 5.92. The van der Waals surface area contributed by atoms with Gasteiger partial charge in [-0.2, -0.15) is 5.10 Å². The van der Waals surface area contributed by atoms with Crippen LogP contribution in [0.4, 0.5) is 0 Å². The zero-order valence-electron chi connectivity index (χ0n) is 14.1. The van der Waals surface area contributed by atoms with Gasteiger partial charge in [-0.05, 0) is 32.0 Å². The van der Waals surface area contributed by atoms with E-state index in [1.165, 1.54) is 6.20 Å². The van der Waals surface area contributed by atoms with Gasteiger partial charge in [0.1, 0.15) is 0 Å². The molecule has 6 nitrogen and oxygen atoms in total. The minimum absolute atomic E-state index is 0.127. The fourth-order valence-corrected chi connectivity index (χ4v) is 1.92. The number of hydrogen-bond acceptors (Lipinski definition) is 5. The first kappa shape index (κ1) is 16.9. The molecule has 0 aliphatic rings. The van der Waals surface area contributed by atoms with Gasteiger partial charge in [0, 0.05) is 17.3 Å². The zero-order valence-corrected chi connectivity index (χ0v) is 14.1. The monoisotopic (exact) mass is 315 g/mol. The average Bonchev–Trinajstić information content (AvgIpc) is 2.82. The maximum absolute atomic E-state index is 12.0. The molecule has 0 saturated heterocycles. The molecule has 6 heteroatoms. The quantitative estimate of drug-likeness (QED) is 0.811. The Kier molecular flexibility index (Phi) is 4.63. The van der Waals surface area contributed by atoms with Gasteiger partial charge in [-0.15, -0.1) is 0 Å². The first-order valence-corrected chi connectivity index (χ1v) is 7.38. The maximum Gasteiger partial charge on any atom is 0.340 e. The highest BCUT2D eigenvalue weighted by atomic mass is 16.5. The van der Waals surface area contributed by atoms with Gasteiger partial charge in [-0.1, -0.05) is 20.8 Å². The zero-order chi connectivity index (χ0) is 17.2. The lowest BCUT2D eigenvalue weighted by Crippen LogP contribution is -2.26. The van der Waals surface area contributed by atoms with E-state index in [2.05, 4.69) is 10.1 Å². The number of hydrogen-bond donors (Lipinski definition) is 0. The van der Waals surface area contributed by atoms with Crippen molar-refractivity contribution in [3.8, 4) is 5.82 Å². The van der Waals surface area contributed by atoms with Gasteiger partial charge in [-0.3, -0.25) is 4.79 Å². The van der Waals surface area contributed by atoms with Crippen molar-refractivity contribution < 1.29 is 14.3 Å². The Morgan fingerprint density at radius 3 is 2.39 bits per heavy atom. The second kappa shape index (κ2) is 6.32. The average molecular weight is 315 g/mol. The van der Waals surface area contributed by atoms with Crippen LogP contribution in [0.3, 0.4) is 0 Å². The van der Waals surface area contributed by atoms with E-state index in [1.54, 1.807) is 37.6 Å². The first-order valence-electron chi connectivity index (χ1n) is 7.38. The molecule has 0 bridgehead atoms. The lowest BCUT2D eigenvalue weighted by Gasteiger charge is -2.16. The summed E-state index contributed by atoms with van der Waals surface area (Å²) in [4.78, 5) is 28.0. The number of aryl methyl sites for hydroxylation is 2. The number of Topliss-reactive ketones (excluding diaryl/α,β-unsaturated/α-hetero) is 1. The van der Waals surface area contributed by atoms with Crippen LogP contribution in [0.15, 0.2) is 24.4 Å². The Bertz CT molecular complexity index is 725. The summed E-state index contributed by atoms with van der Waals surface area (Å²) >= 11 is 0. The molecule has 2 aromatic heterocycles. The third kappa shape index (κ3) is 4.03. The maximum atomic E-state index is 12.0. The van der Waals surface area contributed by atoms with Crippen LogP contribution >= 0.6 is 0 Å². The molecule has 0 aliphatic heterocycles. The second-order valence-corrected chi connectivity index (χ2v) is 6.49. The Balaban J connectivity index is 2.06. The van der Waals surface area contributed by atoms with E-state index in [1.807, 2.05) is 19.9 Å². The third-order valence-corrected chi connectivity index (χ3v) is 3.38. The molecule has 0 N–H and O–H groups in total. The number of carbonyl (C=O) groups is 2. The lowest BCUT2D eigenvalue weighted by molar-refractivity contribution is -0.129. The number of ether oxygens (including phenoxy) is 1. The van der Waals surface area contributed by atoms with Gasteiger partial charge < -0.3 is 4.74 Å². The molecule has 0 saturated carbocycles. The van der Waals surface area contributed by atoms with Crippen molar-refractivity contribution in [2.45, 2.75) is 34.6 Å². The minimum atomic E-state index is -0.560. The summed E-state index contributed by atoms with van der Waals surface area (Å²) in [5.74, 6) is -0.0639. The highest BCUT2D eigenvalue weighted by Gasteiger charge is 2.22. The smallest absolute Gasteiger partial charge is 0.340 e. The number of pyridine rings is 1. The van der Waals surface area contributed by atoms with Crippen LogP contribution in [0, 0.1) is 19.3 Å². The van der Waals surface area contributed by atoms with E-state index < -0.39 is 11.4 Å². The summed E-state index contributed by atoms with van der Waals surface area (Å²) in [6, 6.07) is 5.26. The largest absolute Gasteiger partial charge is 0.454 e. The topological polar surface area (TPSA) is 74.1 Å². The van der Waals surface area contributed by atoms with Crippen LogP contribution in [-0.2, 0) is 9.53 Å². The predicted molar refractivity (Wildman–Crippen MR) is 85.6 cm³/mol. The summed E-state index contributed by atoms with van der Waals surface area (Å²) in [6.07, 6.45) is 1.43. The summed E-state index contributed by atoms with van der Waals surface area (Å²) in [7, 11) is 0. The van der Waals surface area contributed by atoms with E-state index >= 15 is 0 Å². The Morgan fingerprint density at radius 1 is 1.22 bits per heavy atom. The molecule has 0 atom stereocenters. The van der Waals surface area contributed by atoms with Gasteiger partial charge >= 0.3 is 5.97 Å². The second-order valence-electron chi connectivity index (χ2n) is 6.49. The highest BCUT2D eigenvalue weighted by Crippen LogP contribution is 2.15. The fraction of sp³-hybridized carbons (Fsp3) is 0.412. The number of nitrogens with zero attached hydrogens (tertiary/aromatic N) is 3. The molecule has 0 aliphatic carbocycles. The van der Waals surface area contributed by atoms with Crippen molar-refractivity contribution in [2.75, 3.05) is 6.61 Å². The molecule has 0 fully saturated rings. The van der Waals surface area contributed by atoms with E-state index in [9.17, 15) is 9.59 Å². The molecule has 0 unspecified atom stereocenters. The number of carbonyl (C=O) groups excluding carboxylic acids is 2. The van der Waals surface area contributed by atoms with Crippen molar-refractivity contribution in [3.05, 3.63) is 41.3 Å². The van der Waals surface area contributed by atoms with Gasteiger partial charge in [0.2, 0.25) is 0 Å². The first-order chi connectivity index (χ1) is 10.7. The van der Waals surface area contributed by atoms with E-state index in [4.69, 9.17) is 4.74 Å². The summed E-state index contributed by atoms with van der Waals surface area (Å²) in [5.41, 5.74) is 1.63. The van der Waals surface area contributed by atoms with Crippen molar-refractivity contribution >= 4 is 11.8 Å². The van der Waals surface area contributed by atoms with Gasteiger partial charge in [0.25, 0.3) is 0 Å². The summed E-state index contributed by atoms with van der Waals surface area (Å²) in [5, 5.41) is 4.33. The molecule has 0 aromatic carbocycles. The molecule has 2 heterocycles. The minimum Gasteiger partial charge on any atom is -0.454 e. The molecule has 0 radical (unpaired) electrons. The summed E-state index contributed by atoms with van der Waals surface area (Å²) in [6.45, 7) is 8.96. The molecule has 23 heavy (non-hydrogen) atoms. The Labute approximate surface area is 135 Å². The van der Waals surface area contributed by atoms with Crippen molar-refractivity contribution in [2.24, 2.45) is 5.41 Å². The van der Waals surface area contributed by atoms with Crippen LogP contribution in [0.1, 0.15) is 42.5 Å². The fourth-order valence-electron chi connectivity index (χ4n) is 1.92. The third-order valence-electron chi connectivity index (χ3n) is 3.38. The molecule has 2 rings (SSSR count). The molecule has 0 spiro atoms. The van der Waals surface area contributed by atoms with Gasteiger partial charge in [0.05, 0.1) is 11.3 Å². The van der Waals surface area contributed by atoms with Crippen molar-refractivity contribution in [3.63, 3.8) is 0 Å². The predicted octanol–water partition coefficient (Wildman–Crippen LogP) is 2.66. The van der Waals surface area contributed by atoms with Crippen LogP contribution < -0.4 is 0 Å². The number of ketones is 1. The Morgan fingerprint density at radius 2 is 1.91 bits per heavy atom. The van der Waals surface area contributed by atoms with E-state index in [0.29, 0.717) is 11.4 Å². The Hall–Kier alpha value is -2.50. The summed E-state index contributed by atoms with van der Waals surface area (Å²) < 4.78 is 6.74. The van der Waals surface area contributed by atoms with Crippen molar-refractivity contribution in [1.82, 2.24) is 14.8 Å². The number of rotatable bonds is 4. The van der Waals surface area contributed by atoms with Crippen LogP contribution in [0.5, 0.6) is 0 Å². The lowest BCUT2D eigenvalue weighted by atomic mass is 9.91. The van der Waals surface area contributed by atoms with Gasteiger partial charge in [0.15, 0.2) is 18.2 Å². The van der Waals surface area contributed by atoms with Gasteiger partial charge in [-0.25, -0.2) is 14.5 Å². The van der Waals surface area contributed by atoms with Crippen molar-refractivity contribution in [1.29, 1.82) is 0 Å². The van der Waals surface area contributed by atoms with Crippen LogP contribution in [0.2, 0.25) is 0 Å². The normalized spacial score (nSPS) is 11.3. The van der Waals surface area contributed by atoms with Crippen LogP contribution in [0.25, 0.3) is 5.82 Å². The van der Waals surface area contributed by atoms with E-state index in [0.717, 1.165) is 11.4 Å².